The van der Waals surface area contributed by atoms with Gasteiger partial charge in [0.15, 0.2) is 0 Å². The number of para-hydroxylation sites is 1. The highest BCUT2D eigenvalue weighted by molar-refractivity contribution is 5.72. The molecule has 0 aliphatic rings. The second kappa shape index (κ2) is 6.87. The smallest absolute Gasteiger partial charge is 0.311 e. The van der Waals surface area contributed by atoms with Crippen LogP contribution in [-0.4, -0.2) is 16.1 Å². The van der Waals surface area contributed by atoms with E-state index in [0.29, 0.717) is 23.9 Å². The largest absolute Gasteiger partial charge is 0.427 e. The molecule has 0 unspecified atom stereocenters. The Kier molecular flexibility index (Phi) is 4.47. The fourth-order valence-corrected chi connectivity index (χ4v) is 2.06. The van der Waals surface area contributed by atoms with Gasteiger partial charge in [-0.1, -0.05) is 53.2 Å². The summed E-state index contributed by atoms with van der Waals surface area (Å²) in [6.07, 6.45) is 0.537. The fraction of sp³-hybridized carbons (Fsp3) is 0.167. The summed E-state index contributed by atoms with van der Waals surface area (Å²) in [5.41, 5.74) is 2.05. The standard InChI is InChI=1S/C18H16N2O3/c1-13-7-9-14(10-8-13)18-19-16(23-20-18)11-12-17(21)22-15-5-3-2-4-6-15/h2-10H,11-12H2,1H3. The summed E-state index contributed by atoms with van der Waals surface area (Å²) in [6.45, 7) is 2.02. The van der Waals surface area contributed by atoms with Crippen molar-refractivity contribution in [1.29, 1.82) is 0 Å². The number of rotatable bonds is 5. The molecule has 5 nitrogen and oxygen atoms in total. The molecule has 0 atom stereocenters. The monoisotopic (exact) mass is 308 g/mol. The van der Waals surface area contributed by atoms with Crippen LogP contribution in [0.4, 0.5) is 0 Å². The second-order valence-electron chi connectivity index (χ2n) is 5.16. The van der Waals surface area contributed by atoms with E-state index in [1.54, 1.807) is 12.1 Å². The van der Waals surface area contributed by atoms with E-state index in [0.717, 1.165) is 5.56 Å². The number of hydrogen-bond donors (Lipinski definition) is 0. The molecular formula is C18H16N2O3. The summed E-state index contributed by atoms with van der Waals surface area (Å²) in [4.78, 5) is 16.1. The quantitative estimate of drug-likeness (QED) is 0.532. The molecule has 0 amide bonds. The lowest BCUT2D eigenvalue weighted by Gasteiger charge is -2.01. The SMILES string of the molecule is Cc1ccc(-c2noc(CCC(=O)Oc3ccccc3)n2)cc1. The van der Waals surface area contributed by atoms with Crippen molar-refractivity contribution in [2.24, 2.45) is 0 Å². The lowest BCUT2D eigenvalue weighted by Crippen LogP contribution is -2.09. The molecule has 2 aromatic carbocycles. The zero-order chi connectivity index (χ0) is 16.1. The van der Waals surface area contributed by atoms with Gasteiger partial charge in [-0.05, 0) is 19.1 Å². The number of aromatic nitrogens is 2. The van der Waals surface area contributed by atoms with Crippen molar-refractivity contribution in [2.45, 2.75) is 19.8 Å². The highest BCUT2D eigenvalue weighted by Crippen LogP contribution is 2.17. The molecule has 1 heterocycles. The Morgan fingerprint density at radius 1 is 1.09 bits per heavy atom. The normalized spacial score (nSPS) is 10.5. The topological polar surface area (TPSA) is 65.2 Å². The summed E-state index contributed by atoms with van der Waals surface area (Å²) < 4.78 is 10.4. The highest BCUT2D eigenvalue weighted by atomic mass is 16.5. The Morgan fingerprint density at radius 2 is 1.83 bits per heavy atom. The van der Waals surface area contributed by atoms with Crippen molar-refractivity contribution in [2.75, 3.05) is 0 Å². The summed E-state index contributed by atoms with van der Waals surface area (Å²) in [7, 11) is 0. The van der Waals surface area contributed by atoms with Gasteiger partial charge < -0.3 is 9.26 Å². The molecule has 3 rings (SSSR count). The molecule has 0 aliphatic heterocycles. The van der Waals surface area contributed by atoms with Crippen LogP contribution in [0, 0.1) is 6.92 Å². The minimum atomic E-state index is -0.328. The Morgan fingerprint density at radius 3 is 2.57 bits per heavy atom. The van der Waals surface area contributed by atoms with Crippen molar-refractivity contribution in [3.63, 3.8) is 0 Å². The molecule has 3 aromatic rings. The molecule has 5 heteroatoms. The summed E-state index contributed by atoms with van der Waals surface area (Å²) in [6, 6.07) is 16.8. The maximum Gasteiger partial charge on any atom is 0.311 e. The third kappa shape index (κ3) is 4.03. The Hall–Kier alpha value is -2.95. The number of carbonyl (C=O) groups is 1. The lowest BCUT2D eigenvalue weighted by molar-refractivity contribution is -0.134. The van der Waals surface area contributed by atoms with E-state index < -0.39 is 0 Å². The van der Waals surface area contributed by atoms with Gasteiger partial charge in [-0.15, -0.1) is 0 Å². The van der Waals surface area contributed by atoms with E-state index in [-0.39, 0.29) is 12.4 Å². The first kappa shape index (κ1) is 15.0. The van der Waals surface area contributed by atoms with Gasteiger partial charge in [0.2, 0.25) is 11.7 Å². The maximum absolute atomic E-state index is 11.8. The fourth-order valence-electron chi connectivity index (χ4n) is 2.06. The van der Waals surface area contributed by atoms with E-state index in [1.807, 2.05) is 49.4 Å². The first-order valence-electron chi connectivity index (χ1n) is 7.36. The number of ether oxygens (including phenoxy) is 1. The number of carbonyl (C=O) groups excluding carboxylic acids is 1. The molecule has 0 fully saturated rings. The number of aryl methyl sites for hydroxylation is 2. The van der Waals surface area contributed by atoms with E-state index >= 15 is 0 Å². The molecule has 0 spiro atoms. The van der Waals surface area contributed by atoms with E-state index in [4.69, 9.17) is 9.26 Å². The van der Waals surface area contributed by atoms with Crippen molar-refractivity contribution < 1.29 is 14.1 Å². The number of benzene rings is 2. The molecule has 23 heavy (non-hydrogen) atoms. The van der Waals surface area contributed by atoms with Gasteiger partial charge >= 0.3 is 5.97 Å². The third-order valence-corrected chi connectivity index (χ3v) is 3.30. The second-order valence-corrected chi connectivity index (χ2v) is 5.16. The van der Waals surface area contributed by atoms with Crippen LogP contribution in [0.15, 0.2) is 59.1 Å². The molecule has 0 saturated carbocycles. The molecule has 0 bridgehead atoms. The van der Waals surface area contributed by atoms with Crippen molar-refractivity contribution in [3.8, 4) is 17.1 Å². The molecule has 1 aromatic heterocycles. The number of hydrogen-bond acceptors (Lipinski definition) is 5. The molecule has 0 saturated heterocycles. The average Bonchev–Trinajstić information content (AvgIpc) is 3.04. The zero-order valence-corrected chi connectivity index (χ0v) is 12.7. The van der Waals surface area contributed by atoms with Crippen LogP contribution in [0.2, 0.25) is 0 Å². The lowest BCUT2D eigenvalue weighted by atomic mass is 10.1. The maximum atomic E-state index is 11.8. The number of nitrogens with zero attached hydrogens (tertiary/aromatic N) is 2. The predicted octanol–water partition coefficient (Wildman–Crippen LogP) is 3.58. The highest BCUT2D eigenvalue weighted by Gasteiger charge is 2.11. The van der Waals surface area contributed by atoms with Gasteiger partial charge in [0.05, 0.1) is 6.42 Å². The molecule has 0 aliphatic carbocycles. The Bertz CT molecular complexity index is 780. The van der Waals surface area contributed by atoms with Crippen LogP contribution in [0.3, 0.4) is 0 Å². The van der Waals surface area contributed by atoms with Crippen LogP contribution in [-0.2, 0) is 11.2 Å². The van der Waals surface area contributed by atoms with E-state index in [1.165, 1.54) is 5.56 Å². The van der Waals surface area contributed by atoms with Gasteiger partial charge in [-0.3, -0.25) is 4.79 Å². The number of esters is 1. The van der Waals surface area contributed by atoms with Crippen LogP contribution >= 0.6 is 0 Å². The molecule has 116 valence electrons. The Balaban J connectivity index is 1.57. The predicted molar refractivity (Wildman–Crippen MR) is 84.9 cm³/mol. The van der Waals surface area contributed by atoms with Crippen LogP contribution < -0.4 is 4.74 Å². The van der Waals surface area contributed by atoms with Crippen LogP contribution in [0.25, 0.3) is 11.4 Å². The third-order valence-electron chi connectivity index (χ3n) is 3.30. The van der Waals surface area contributed by atoms with Crippen molar-refractivity contribution in [1.82, 2.24) is 10.1 Å². The van der Waals surface area contributed by atoms with Gasteiger partial charge in [-0.25, -0.2) is 0 Å². The zero-order valence-electron chi connectivity index (χ0n) is 12.7. The van der Waals surface area contributed by atoms with E-state index in [9.17, 15) is 4.79 Å². The first-order valence-corrected chi connectivity index (χ1v) is 7.36. The van der Waals surface area contributed by atoms with Crippen molar-refractivity contribution >= 4 is 5.97 Å². The van der Waals surface area contributed by atoms with Crippen molar-refractivity contribution in [3.05, 3.63) is 66.1 Å². The van der Waals surface area contributed by atoms with Crippen LogP contribution in [0.5, 0.6) is 5.75 Å². The minimum absolute atomic E-state index is 0.185. The van der Waals surface area contributed by atoms with Gasteiger partial charge in [0.25, 0.3) is 0 Å². The van der Waals surface area contributed by atoms with Gasteiger partial charge in [-0.2, -0.15) is 4.98 Å². The molecular weight excluding hydrogens is 292 g/mol. The van der Waals surface area contributed by atoms with Gasteiger partial charge in [0, 0.05) is 12.0 Å². The van der Waals surface area contributed by atoms with Crippen LogP contribution in [0.1, 0.15) is 17.9 Å². The average molecular weight is 308 g/mol. The summed E-state index contributed by atoms with van der Waals surface area (Å²) >= 11 is 0. The Labute approximate surface area is 133 Å². The van der Waals surface area contributed by atoms with E-state index in [2.05, 4.69) is 10.1 Å². The molecule has 0 radical (unpaired) electrons. The summed E-state index contributed by atoms with van der Waals surface area (Å²) in [5, 5.41) is 3.94. The summed E-state index contributed by atoms with van der Waals surface area (Å²) in [5.74, 6) is 1.15. The van der Waals surface area contributed by atoms with Gasteiger partial charge in [0.1, 0.15) is 5.75 Å². The molecule has 0 N–H and O–H groups in total. The first-order chi connectivity index (χ1) is 11.2. The minimum Gasteiger partial charge on any atom is -0.427 e.